The second-order valence-corrected chi connectivity index (χ2v) is 3.36. The topological polar surface area (TPSA) is 55.5 Å². The third-order valence-corrected chi connectivity index (χ3v) is 2.34. The van der Waals surface area contributed by atoms with Crippen LogP contribution in [0.3, 0.4) is 0 Å². The lowest BCUT2D eigenvalue weighted by molar-refractivity contribution is 0.462. The normalized spacial score (nSPS) is 16.2. The van der Waals surface area contributed by atoms with Gasteiger partial charge >= 0.3 is 0 Å². The van der Waals surface area contributed by atoms with Crippen molar-refractivity contribution < 1.29 is 9.84 Å². The fourth-order valence-corrected chi connectivity index (χ4v) is 1.64. The Morgan fingerprint density at radius 3 is 3.00 bits per heavy atom. The van der Waals surface area contributed by atoms with Crippen molar-refractivity contribution in [2.45, 2.75) is 13.3 Å². The van der Waals surface area contributed by atoms with Crippen LogP contribution in [0, 0.1) is 0 Å². The lowest BCUT2D eigenvalue weighted by Gasteiger charge is -2.17. The molecule has 0 atom stereocenters. The number of phenolic OH excluding ortho intramolecular Hbond substituents is 1. The Hall–Kier alpha value is -1.90. The van der Waals surface area contributed by atoms with Gasteiger partial charge in [0.15, 0.2) is 0 Å². The van der Waals surface area contributed by atoms with E-state index in [1.165, 1.54) is 6.07 Å². The van der Waals surface area contributed by atoms with E-state index in [1.807, 2.05) is 12.2 Å². The highest BCUT2D eigenvalue weighted by Crippen LogP contribution is 2.40. The van der Waals surface area contributed by atoms with Crippen LogP contribution in [0.2, 0.25) is 0 Å². The van der Waals surface area contributed by atoms with E-state index in [2.05, 4.69) is 6.92 Å². The van der Waals surface area contributed by atoms with Crippen LogP contribution in [0.1, 0.15) is 18.9 Å². The zero-order valence-corrected chi connectivity index (χ0v) is 8.53. The molecular weight excluding hydrogens is 190 g/mol. The summed E-state index contributed by atoms with van der Waals surface area (Å²) in [6.07, 6.45) is 6.43. The molecule has 1 aliphatic heterocycles. The number of fused-ring (bicyclic) bond motifs is 1. The molecule has 0 unspecified atom stereocenters. The highest BCUT2D eigenvalue weighted by atomic mass is 16.5. The minimum absolute atomic E-state index is 0.0923. The summed E-state index contributed by atoms with van der Waals surface area (Å²) in [5, 5.41) is 9.53. The number of ether oxygens (including phenoxy) is 1. The molecule has 1 heterocycles. The van der Waals surface area contributed by atoms with Gasteiger partial charge in [0.2, 0.25) is 0 Å². The molecule has 0 amide bonds. The van der Waals surface area contributed by atoms with Gasteiger partial charge in [0, 0.05) is 0 Å². The summed E-state index contributed by atoms with van der Waals surface area (Å²) in [6, 6.07) is 3.25. The lowest BCUT2D eigenvalue weighted by Crippen LogP contribution is -2.01. The van der Waals surface area contributed by atoms with Gasteiger partial charge in [-0.05, 0) is 30.2 Å². The summed E-state index contributed by atoms with van der Waals surface area (Å²) >= 11 is 0. The predicted molar refractivity (Wildman–Crippen MR) is 60.6 cm³/mol. The first-order chi connectivity index (χ1) is 7.24. The quantitative estimate of drug-likeness (QED) is 0.545. The average molecular weight is 203 g/mol. The number of nitrogen functional groups attached to an aromatic ring is 1. The van der Waals surface area contributed by atoms with E-state index in [1.54, 1.807) is 12.3 Å². The number of hydrogen-bond acceptors (Lipinski definition) is 3. The van der Waals surface area contributed by atoms with E-state index < -0.39 is 0 Å². The summed E-state index contributed by atoms with van der Waals surface area (Å²) in [4.78, 5) is 0. The number of rotatable bonds is 1. The van der Waals surface area contributed by atoms with Crippen molar-refractivity contribution in [1.29, 1.82) is 0 Å². The summed E-state index contributed by atoms with van der Waals surface area (Å²) in [6.45, 7) is 2.05. The monoisotopic (exact) mass is 203 g/mol. The Kier molecular flexibility index (Phi) is 2.37. The SMILES string of the molecule is CC/C=C1/C=COc2ccc(O)c(N)c21. The highest BCUT2D eigenvalue weighted by molar-refractivity contribution is 5.88. The van der Waals surface area contributed by atoms with Crippen molar-refractivity contribution in [2.24, 2.45) is 0 Å². The summed E-state index contributed by atoms with van der Waals surface area (Å²) in [7, 11) is 0. The van der Waals surface area contributed by atoms with Gasteiger partial charge in [-0.25, -0.2) is 0 Å². The molecule has 1 aromatic carbocycles. The van der Waals surface area contributed by atoms with Crippen LogP contribution in [0.15, 0.2) is 30.5 Å². The standard InChI is InChI=1S/C12H13NO2/c1-2-3-8-6-7-15-10-5-4-9(14)12(13)11(8)10/h3-7,14H,2,13H2,1H3/b8-3-. The number of anilines is 1. The van der Waals surface area contributed by atoms with E-state index in [0.29, 0.717) is 11.4 Å². The van der Waals surface area contributed by atoms with Crippen LogP contribution in [0.5, 0.6) is 11.5 Å². The molecule has 3 nitrogen and oxygen atoms in total. The van der Waals surface area contributed by atoms with Crippen molar-refractivity contribution in [3.05, 3.63) is 36.1 Å². The van der Waals surface area contributed by atoms with E-state index in [9.17, 15) is 5.11 Å². The van der Waals surface area contributed by atoms with Gasteiger partial charge in [-0.3, -0.25) is 0 Å². The Morgan fingerprint density at radius 1 is 1.47 bits per heavy atom. The molecule has 0 saturated carbocycles. The molecule has 3 N–H and O–H groups in total. The molecule has 0 aliphatic carbocycles. The molecule has 15 heavy (non-hydrogen) atoms. The van der Waals surface area contributed by atoms with E-state index in [-0.39, 0.29) is 5.75 Å². The number of nitrogens with two attached hydrogens (primary N) is 1. The lowest BCUT2D eigenvalue weighted by atomic mass is 9.99. The van der Waals surface area contributed by atoms with Crippen LogP contribution in [-0.2, 0) is 0 Å². The molecule has 0 fully saturated rings. The average Bonchev–Trinajstić information content (AvgIpc) is 2.24. The molecule has 0 spiro atoms. The minimum atomic E-state index is 0.0923. The molecule has 78 valence electrons. The highest BCUT2D eigenvalue weighted by Gasteiger charge is 2.16. The van der Waals surface area contributed by atoms with Gasteiger partial charge in [-0.15, -0.1) is 0 Å². The minimum Gasteiger partial charge on any atom is -0.506 e. The Bertz CT molecular complexity index is 447. The van der Waals surface area contributed by atoms with Crippen LogP contribution < -0.4 is 10.5 Å². The third kappa shape index (κ3) is 1.56. The van der Waals surface area contributed by atoms with E-state index in [4.69, 9.17) is 10.5 Å². The largest absolute Gasteiger partial charge is 0.506 e. The molecule has 3 heteroatoms. The summed E-state index contributed by atoms with van der Waals surface area (Å²) < 4.78 is 5.32. The number of benzene rings is 1. The van der Waals surface area contributed by atoms with Crippen LogP contribution in [-0.4, -0.2) is 5.11 Å². The Morgan fingerprint density at radius 2 is 2.27 bits per heavy atom. The molecule has 1 aliphatic rings. The second kappa shape index (κ2) is 3.69. The number of aromatic hydroxyl groups is 1. The number of phenols is 1. The van der Waals surface area contributed by atoms with Gasteiger partial charge in [0.25, 0.3) is 0 Å². The van der Waals surface area contributed by atoms with E-state index >= 15 is 0 Å². The second-order valence-electron chi connectivity index (χ2n) is 3.36. The predicted octanol–water partition coefficient (Wildman–Crippen LogP) is 2.67. The van der Waals surface area contributed by atoms with Crippen LogP contribution >= 0.6 is 0 Å². The molecule has 2 rings (SSSR count). The van der Waals surface area contributed by atoms with Crippen molar-refractivity contribution in [3.63, 3.8) is 0 Å². The van der Waals surface area contributed by atoms with Gasteiger partial charge in [-0.1, -0.05) is 13.0 Å². The van der Waals surface area contributed by atoms with E-state index in [0.717, 1.165) is 17.6 Å². The van der Waals surface area contributed by atoms with Gasteiger partial charge in [0.1, 0.15) is 11.5 Å². The molecule has 1 aromatic rings. The van der Waals surface area contributed by atoms with Gasteiger partial charge in [-0.2, -0.15) is 0 Å². The fourth-order valence-electron chi connectivity index (χ4n) is 1.64. The smallest absolute Gasteiger partial charge is 0.139 e. The third-order valence-electron chi connectivity index (χ3n) is 2.34. The fraction of sp³-hybridized carbons (Fsp3) is 0.167. The van der Waals surface area contributed by atoms with Crippen molar-refractivity contribution >= 4 is 11.3 Å². The maximum absolute atomic E-state index is 9.53. The molecule has 0 saturated heterocycles. The number of allylic oxidation sites excluding steroid dienone is 3. The van der Waals surface area contributed by atoms with Crippen molar-refractivity contribution in [2.75, 3.05) is 5.73 Å². The van der Waals surface area contributed by atoms with Gasteiger partial charge < -0.3 is 15.6 Å². The molecule has 0 radical (unpaired) electrons. The van der Waals surface area contributed by atoms with Gasteiger partial charge in [0.05, 0.1) is 17.5 Å². The van der Waals surface area contributed by atoms with Crippen molar-refractivity contribution in [3.8, 4) is 11.5 Å². The summed E-state index contributed by atoms with van der Waals surface area (Å²) in [5.74, 6) is 0.780. The Labute approximate surface area is 88.5 Å². The molecular formula is C12H13NO2. The van der Waals surface area contributed by atoms with Crippen LogP contribution in [0.25, 0.3) is 5.57 Å². The first kappa shape index (κ1) is 9.65. The zero-order chi connectivity index (χ0) is 10.8. The molecule has 0 bridgehead atoms. The maximum Gasteiger partial charge on any atom is 0.139 e. The first-order valence-corrected chi connectivity index (χ1v) is 4.89. The molecule has 0 aromatic heterocycles. The van der Waals surface area contributed by atoms with Crippen molar-refractivity contribution in [1.82, 2.24) is 0 Å². The zero-order valence-electron chi connectivity index (χ0n) is 8.53. The Balaban J connectivity index is 2.62. The summed E-state index contributed by atoms with van der Waals surface area (Å²) in [5.41, 5.74) is 7.96. The van der Waals surface area contributed by atoms with Crippen LogP contribution in [0.4, 0.5) is 5.69 Å². The number of hydrogen-bond donors (Lipinski definition) is 2. The first-order valence-electron chi connectivity index (χ1n) is 4.89. The maximum atomic E-state index is 9.53.